The molecule has 2 N–H and O–H groups in total. The van der Waals surface area contributed by atoms with Crippen LogP contribution >= 0.6 is 11.3 Å². The van der Waals surface area contributed by atoms with Crippen LogP contribution in [0.3, 0.4) is 0 Å². The van der Waals surface area contributed by atoms with Crippen LogP contribution in [0.1, 0.15) is 20.8 Å². The lowest BCUT2D eigenvalue weighted by Gasteiger charge is -2.07. The fraction of sp³-hybridized carbons (Fsp3) is 0.0870. The number of fused-ring (bicyclic) bond motifs is 1. The van der Waals surface area contributed by atoms with E-state index in [1.807, 2.05) is 60.7 Å². The van der Waals surface area contributed by atoms with Crippen molar-refractivity contribution in [2.75, 3.05) is 0 Å². The first-order chi connectivity index (χ1) is 14.5. The third kappa shape index (κ3) is 4.28. The third-order valence-corrected chi connectivity index (χ3v) is 7.45. The van der Waals surface area contributed by atoms with Crippen LogP contribution in [0.5, 0.6) is 0 Å². The average molecular weight is 438 g/mol. The Balaban J connectivity index is 1.76. The SMILES string of the molecule is O=C(NO)c1sc2ccc(CS(=O)(=O)Cc3ccccc3)cc2c1-c1ccccc1. The van der Waals surface area contributed by atoms with Crippen LogP contribution in [0, 0.1) is 0 Å². The molecule has 7 heteroatoms. The standard InChI is InChI=1S/C23H19NO4S2/c25-23(24-26)22-21(18-9-5-2-6-10-18)19-13-17(11-12-20(19)29-22)15-30(27,28)14-16-7-3-1-4-8-16/h1-13,26H,14-15H2,(H,24,25). The van der Waals surface area contributed by atoms with Crippen molar-refractivity contribution in [2.24, 2.45) is 0 Å². The molecule has 1 heterocycles. The van der Waals surface area contributed by atoms with E-state index in [0.29, 0.717) is 16.0 Å². The van der Waals surface area contributed by atoms with Crippen molar-refractivity contribution in [3.8, 4) is 11.1 Å². The molecule has 30 heavy (non-hydrogen) atoms. The van der Waals surface area contributed by atoms with Gasteiger partial charge in [0, 0.05) is 15.6 Å². The normalized spacial score (nSPS) is 11.5. The molecule has 0 atom stereocenters. The molecule has 3 aromatic carbocycles. The van der Waals surface area contributed by atoms with Gasteiger partial charge in [0.25, 0.3) is 5.91 Å². The number of hydrogen-bond acceptors (Lipinski definition) is 5. The molecule has 0 unspecified atom stereocenters. The molecule has 0 bridgehead atoms. The van der Waals surface area contributed by atoms with Gasteiger partial charge in [0.1, 0.15) is 4.88 Å². The summed E-state index contributed by atoms with van der Waals surface area (Å²) in [5.74, 6) is -0.712. The van der Waals surface area contributed by atoms with E-state index < -0.39 is 15.7 Å². The number of hydroxylamine groups is 1. The maximum Gasteiger partial charge on any atom is 0.285 e. The Kier molecular flexibility index (Phi) is 5.67. The van der Waals surface area contributed by atoms with Crippen LogP contribution in [0.25, 0.3) is 21.2 Å². The molecule has 1 amide bonds. The highest BCUT2D eigenvalue weighted by atomic mass is 32.2. The second kappa shape index (κ2) is 8.39. The van der Waals surface area contributed by atoms with Crippen LogP contribution in [-0.4, -0.2) is 19.5 Å². The van der Waals surface area contributed by atoms with Crippen molar-refractivity contribution >= 4 is 37.2 Å². The Hall–Kier alpha value is -3.00. The second-order valence-corrected chi connectivity index (χ2v) is 10.1. The summed E-state index contributed by atoms with van der Waals surface area (Å²) in [5, 5.41) is 9.95. The van der Waals surface area contributed by atoms with Crippen LogP contribution in [0.2, 0.25) is 0 Å². The van der Waals surface area contributed by atoms with Gasteiger partial charge in [-0.25, -0.2) is 13.9 Å². The number of hydrogen-bond donors (Lipinski definition) is 2. The molecule has 0 saturated carbocycles. The number of thiophene rings is 1. The van der Waals surface area contributed by atoms with Gasteiger partial charge in [-0.15, -0.1) is 11.3 Å². The van der Waals surface area contributed by atoms with E-state index in [1.54, 1.807) is 23.7 Å². The van der Waals surface area contributed by atoms with Gasteiger partial charge in [-0.3, -0.25) is 10.0 Å². The summed E-state index contributed by atoms with van der Waals surface area (Å²) < 4.78 is 26.3. The largest absolute Gasteiger partial charge is 0.288 e. The molecule has 0 fully saturated rings. The lowest BCUT2D eigenvalue weighted by molar-refractivity contribution is 0.0711. The van der Waals surface area contributed by atoms with E-state index in [4.69, 9.17) is 5.21 Å². The maximum absolute atomic E-state index is 12.7. The molecular formula is C23H19NO4S2. The van der Waals surface area contributed by atoms with E-state index in [-0.39, 0.29) is 11.5 Å². The van der Waals surface area contributed by atoms with E-state index in [0.717, 1.165) is 21.2 Å². The van der Waals surface area contributed by atoms with Crippen molar-refractivity contribution in [1.29, 1.82) is 0 Å². The van der Waals surface area contributed by atoms with E-state index in [1.165, 1.54) is 11.3 Å². The second-order valence-electron chi connectivity index (χ2n) is 6.96. The highest BCUT2D eigenvalue weighted by Gasteiger charge is 2.21. The van der Waals surface area contributed by atoms with E-state index in [9.17, 15) is 13.2 Å². The molecule has 0 aliphatic carbocycles. The number of sulfone groups is 1. The Bertz CT molecular complexity index is 1300. The quantitative estimate of drug-likeness (QED) is 0.335. The Morgan fingerprint density at radius 2 is 1.50 bits per heavy atom. The molecule has 1 aromatic heterocycles. The van der Waals surface area contributed by atoms with Crippen LogP contribution in [-0.2, 0) is 21.3 Å². The van der Waals surface area contributed by atoms with Crippen molar-refractivity contribution in [3.63, 3.8) is 0 Å². The molecule has 0 aliphatic rings. The first kappa shape index (κ1) is 20.3. The summed E-state index contributed by atoms with van der Waals surface area (Å²) in [6.45, 7) is 0. The Morgan fingerprint density at radius 1 is 0.867 bits per heavy atom. The summed E-state index contributed by atoms with van der Waals surface area (Å²) in [7, 11) is -3.36. The molecule has 0 saturated heterocycles. The van der Waals surface area contributed by atoms with Crippen molar-refractivity contribution in [1.82, 2.24) is 5.48 Å². The molecule has 0 spiro atoms. The number of rotatable bonds is 6. The fourth-order valence-corrected chi connectivity index (χ4v) is 6.05. The van der Waals surface area contributed by atoms with Crippen LogP contribution in [0.4, 0.5) is 0 Å². The Morgan fingerprint density at radius 3 is 2.17 bits per heavy atom. The summed E-state index contributed by atoms with van der Waals surface area (Å²) >= 11 is 1.26. The summed E-state index contributed by atoms with van der Waals surface area (Å²) in [5.41, 5.74) is 4.63. The zero-order valence-electron chi connectivity index (χ0n) is 15.9. The predicted molar refractivity (Wildman–Crippen MR) is 119 cm³/mol. The maximum atomic E-state index is 12.7. The molecular weight excluding hydrogens is 418 g/mol. The smallest absolute Gasteiger partial charge is 0.285 e. The van der Waals surface area contributed by atoms with Crippen molar-refractivity contribution in [2.45, 2.75) is 11.5 Å². The minimum absolute atomic E-state index is 0.0285. The van der Waals surface area contributed by atoms with Gasteiger partial charge in [-0.2, -0.15) is 0 Å². The van der Waals surface area contributed by atoms with Crippen LogP contribution in [0.15, 0.2) is 78.9 Å². The summed E-state index contributed by atoms with van der Waals surface area (Å²) in [6, 6.07) is 23.9. The fourth-order valence-electron chi connectivity index (χ4n) is 3.47. The number of nitrogens with one attached hydrogen (secondary N) is 1. The van der Waals surface area contributed by atoms with Crippen LogP contribution < -0.4 is 5.48 Å². The van der Waals surface area contributed by atoms with E-state index >= 15 is 0 Å². The van der Waals surface area contributed by atoms with Gasteiger partial charge in [0.2, 0.25) is 0 Å². The van der Waals surface area contributed by atoms with Crippen molar-refractivity contribution < 1.29 is 18.4 Å². The predicted octanol–water partition coefficient (Wildman–Crippen LogP) is 4.80. The first-order valence-corrected chi connectivity index (χ1v) is 11.9. The highest BCUT2D eigenvalue weighted by molar-refractivity contribution is 7.89. The topological polar surface area (TPSA) is 83.5 Å². The lowest BCUT2D eigenvalue weighted by Crippen LogP contribution is -2.17. The number of amides is 1. The van der Waals surface area contributed by atoms with Gasteiger partial charge in [0.05, 0.1) is 11.5 Å². The number of carbonyl (C=O) groups excluding carboxylic acids is 1. The zero-order chi connectivity index (χ0) is 21.1. The molecule has 4 rings (SSSR count). The van der Waals surface area contributed by atoms with Gasteiger partial charge in [0.15, 0.2) is 9.84 Å². The minimum Gasteiger partial charge on any atom is -0.288 e. The molecule has 0 radical (unpaired) electrons. The minimum atomic E-state index is -3.36. The highest BCUT2D eigenvalue weighted by Crippen LogP contribution is 2.39. The average Bonchev–Trinajstić information content (AvgIpc) is 3.12. The monoisotopic (exact) mass is 437 g/mol. The summed E-state index contributed by atoms with van der Waals surface area (Å²) in [6.07, 6.45) is 0. The lowest BCUT2D eigenvalue weighted by atomic mass is 10.0. The molecule has 152 valence electrons. The van der Waals surface area contributed by atoms with Gasteiger partial charge in [-0.1, -0.05) is 66.7 Å². The zero-order valence-corrected chi connectivity index (χ0v) is 17.5. The van der Waals surface area contributed by atoms with Crippen molar-refractivity contribution in [3.05, 3.63) is 94.9 Å². The van der Waals surface area contributed by atoms with Gasteiger partial charge in [-0.05, 0) is 28.8 Å². The molecule has 4 aromatic rings. The number of benzene rings is 3. The first-order valence-electron chi connectivity index (χ1n) is 9.26. The Labute approximate surface area is 178 Å². The third-order valence-electron chi connectivity index (χ3n) is 4.74. The van der Waals surface area contributed by atoms with Gasteiger partial charge < -0.3 is 0 Å². The molecule has 0 aliphatic heterocycles. The number of carbonyl (C=O) groups is 1. The molecule has 5 nitrogen and oxygen atoms in total. The van der Waals surface area contributed by atoms with E-state index in [2.05, 4.69) is 0 Å². The summed E-state index contributed by atoms with van der Waals surface area (Å²) in [4.78, 5) is 12.6. The van der Waals surface area contributed by atoms with Gasteiger partial charge >= 0.3 is 0 Å².